The maximum absolute atomic E-state index is 11.2. The van der Waals surface area contributed by atoms with Crippen molar-refractivity contribution in [1.29, 1.82) is 0 Å². The van der Waals surface area contributed by atoms with Gasteiger partial charge in [0.25, 0.3) is 0 Å². The van der Waals surface area contributed by atoms with Crippen LogP contribution in [0.15, 0.2) is 0 Å². The number of likely N-dealkylation sites (tertiary alicyclic amines) is 1. The van der Waals surface area contributed by atoms with Gasteiger partial charge < -0.3 is 10.0 Å². The van der Waals surface area contributed by atoms with Gasteiger partial charge in [-0.25, -0.2) is 4.79 Å². The Morgan fingerprint density at radius 3 is 2.56 bits per heavy atom. The van der Waals surface area contributed by atoms with Crippen LogP contribution in [-0.2, 0) is 4.79 Å². The number of amides is 1. The van der Waals surface area contributed by atoms with E-state index in [0.717, 1.165) is 25.7 Å². The molecule has 1 heterocycles. The molecule has 1 rings (SSSR count). The number of nitrogens with zero attached hydrogens (tertiary/aromatic N) is 1. The average molecular weight is 223 g/mol. The summed E-state index contributed by atoms with van der Waals surface area (Å²) >= 11 is 0. The Kier molecular flexibility index (Phi) is 4.36. The number of carbonyl (C=O) groups excluding carboxylic acids is 1. The van der Waals surface area contributed by atoms with Crippen LogP contribution in [0.4, 0.5) is 4.79 Å². The molecule has 1 N–H and O–H groups in total. The molecular formula is C12H17NO3. The first-order valence-corrected chi connectivity index (χ1v) is 5.60. The zero-order valence-electron chi connectivity index (χ0n) is 9.48. The third kappa shape index (κ3) is 2.75. The predicted molar refractivity (Wildman–Crippen MR) is 60.0 cm³/mol. The Balaban J connectivity index is 2.76. The summed E-state index contributed by atoms with van der Waals surface area (Å²) < 4.78 is 0. The van der Waals surface area contributed by atoms with Crippen LogP contribution < -0.4 is 0 Å². The number of carboxylic acid groups (broad SMARTS) is 1. The summed E-state index contributed by atoms with van der Waals surface area (Å²) in [6.07, 6.45) is 7.58. The van der Waals surface area contributed by atoms with Gasteiger partial charge in [0.2, 0.25) is 5.78 Å². The van der Waals surface area contributed by atoms with Crippen LogP contribution in [0.1, 0.15) is 39.0 Å². The van der Waals surface area contributed by atoms with Gasteiger partial charge in [0.05, 0.1) is 0 Å². The van der Waals surface area contributed by atoms with Crippen molar-refractivity contribution >= 4 is 11.9 Å². The number of ketones is 1. The Labute approximate surface area is 95.6 Å². The van der Waals surface area contributed by atoms with Gasteiger partial charge in [-0.3, -0.25) is 4.79 Å². The van der Waals surface area contributed by atoms with Crippen LogP contribution in [0.2, 0.25) is 0 Å². The standard InChI is InChI=1S/C12H17NO3/c1-3-9-6-5-7-10(8-11(14)4-2)13(9)12(15)16/h2,9-10H,3,5-8H2,1H3,(H,15,16). The Morgan fingerprint density at radius 2 is 2.06 bits per heavy atom. The molecule has 1 fully saturated rings. The Morgan fingerprint density at radius 1 is 1.44 bits per heavy atom. The summed E-state index contributed by atoms with van der Waals surface area (Å²) in [5.74, 6) is 1.73. The van der Waals surface area contributed by atoms with Crippen molar-refractivity contribution < 1.29 is 14.7 Å². The minimum Gasteiger partial charge on any atom is -0.465 e. The molecule has 0 radical (unpaired) electrons. The number of terminal acetylenes is 1. The van der Waals surface area contributed by atoms with Crippen LogP contribution in [0.5, 0.6) is 0 Å². The Bertz CT molecular complexity index is 319. The minimum absolute atomic E-state index is 0.0295. The second-order valence-corrected chi connectivity index (χ2v) is 4.11. The quantitative estimate of drug-likeness (QED) is 0.587. The van der Waals surface area contributed by atoms with Gasteiger partial charge in [-0.1, -0.05) is 6.92 Å². The van der Waals surface area contributed by atoms with E-state index in [1.807, 2.05) is 12.8 Å². The molecule has 4 heteroatoms. The van der Waals surface area contributed by atoms with Crippen LogP contribution >= 0.6 is 0 Å². The van der Waals surface area contributed by atoms with E-state index in [4.69, 9.17) is 11.5 Å². The van der Waals surface area contributed by atoms with Crippen molar-refractivity contribution in [2.24, 2.45) is 0 Å². The van der Waals surface area contributed by atoms with Crippen LogP contribution in [0.3, 0.4) is 0 Å². The van der Waals surface area contributed by atoms with E-state index in [1.54, 1.807) is 0 Å². The highest BCUT2D eigenvalue weighted by Crippen LogP contribution is 2.27. The van der Waals surface area contributed by atoms with E-state index >= 15 is 0 Å². The maximum atomic E-state index is 11.2. The van der Waals surface area contributed by atoms with Gasteiger partial charge in [-0.2, -0.15) is 0 Å². The molecule has 4 nitrogen and oxygen atoms in total. The summed E-state index contributed by atoms with van der Waals surface area (Å²) in [4.78, 5) is 23.8. The molecule has 0 spiro atoms. The van der Waals surface area contributed by atoms with E-state index < -0.39 is 6.09 Å². The molecule has 0 saturated carbocycles. The first kappa shape index (κ1) is 12.6. The molecule has 0 aromatic heterocycles. The number of hydrogen-bond acceptors (Lipinski definition) is 2. The van der Waals surface area contributed by atoms with Crippen molar-refractivity contribution in [3.63, 3.8) is 0 Å². The van der Waals surface area contributed by atoms with Crippen LogP contribution in [-0.4, -0.2) is 34.0 Å². The van der Waals surface area contributed by atoms with Gasteiger partial charge in [0, 0.05) is 18.5 Å². The topological polar surface area (TPSA) is 57.6 Å². The maximum Gasteiger partial charge on any atom is 0.407 e. The molecule has 0 aliphatic carbocycles. The molecule has 1 aliphatic heterocycles. The lowest BCUT2D eigenvalue weighted by Crippen LogP contribution is -2.49. The zero-order chi connectivity index (χ0) is 12.1. The summed E-state index contributed by atoms with van der Waals surface area (Å²) in [5, 5.41) is 9.16. The van der Waals surface area contributed by atoms with Crippen molar-refractivity contribution in [3.05, 3.63) is 0 Å². The molecule has 0 aromatic carbocycles. The summed E-state index contributed by atoms with van der Waals surface area (Å²) in [7, 11) is 0. The van der Waals surface area contributed by atoms with Crippen molar-refractivity contribution in [1.82, 2.24) is 4.90 Å². The normalized spacial score (nSPS) is 24.9. The number of rotatable bonds is 3. The van der Waals surface area contributed by atoms with Gasteiger partial charge in [-0.15, -0.1) is 6.42 Å². The summed E-state index contributed by atoms with van der Waals surface area (Å²) in [5.41, 5.74) is 0. The third-order valence-corrected chi connectivity index (χ3v) is 3.14. The molecule has 88 valence electrons. The van der Waals surface area contributed by atoms with Crippen LogP contribution in [0, 0.1) is 12.3 Å². The molecular weight excluding hydrogens is 206 g/mol. The fourth-order valence-electron chi connectivity index (χ4n) is 2.35. The smallest absolute Gasteiger partial charge is 0.407 e. The third-order valence-electron chi connectivity index (χ3n) is 3.14. The molecule has 1 aliphatic rings. The molecule has 0 aromatic rings. The first-order chi connectivity index (χ1) is 7.60. The number of Topliss-reactive ketones (excluding diaryl/α,β-unsaturated/α-hetero) is 1. The molecule has 0 bridgehead atoms. The number of carbonyl (C=O) groups is 2. The largest absolute Gasteiger partial charge is 0.465 e. The lowest BCUT2D eigenvalue weighted by Gasteiger charge is -2.39. The highest BCUT2D eigenvalue weighted by atomic mass is 16.4. The second kappa shape index (κ2) is 5.55. The first-order valence-electron chi connectivity index (χ1n) is 5.60. The fourth-order valence-corrected chi connectivity index (χ4v) is 2.35. The Hall–Kier alpha value is -1.50. The highest BCUT2D eigenvalue weighted by Gasteiger charge is 2.33. The summed E-state index contributed by atoms with van der Waals surface area (Å²) in [6, 6.07) is -0.207. The van der Waals surface area contributed by atoms with Crippen LogP contribution in [0.25, 0.3) is 0 Å². The van der Waals surface area contributed by atoms with E-state index in [1.165, 1.54) is 4.90 Å². The fraction of sp³-hybridized carbons (Fsp3) is 0.667. The van der Waals surface area contributed by atoms with Gasteiger partial charge >= 0.3 is 6.09 Å². The number of piperidine rings is 1. The highest BCUT2D eigenvalue weighted by molar-refractivity contribution is 5.95. The monoisotopic (exact) mass is 223 g/mol. The molecule has 1 amide bonds. The summed E-state index contributed by atoms with van der Waals surface area (Å²) in [6.45, 7) is 1.96. The lowest BCUT2D eigenvalue weighted by molar-refractivity contribution is -0.115. The molecule has 2 atom stereocenters. The molecule has 2 unspecified atom stereocenters. The van der Waals surface area contributed by atoms with E-state index in [-0.39, 0.29) is 24.3 Å². The predicted octanol–water partition coefficient (Wildman–Crippen LogP) is 1.89. The van der Waals surface area contributed by atoms with Crippen molar-refractivity contribution in [2.75, 3.05) is 0 Å². The van der Waals surface area contributed by atoms with E-state index in [0.29, 0.717) is 0 Å². The second-order valence-electron chi connectivity index (χ2n) is 4.11. The van der Waals surface area contributed by atoms with Gasteiger partial charge in [0.15, 0.2) is 0 Å². The number of hydrogen-bond donors (Lipinski definition) is 1. The minimum atomic E-state index is -0.943. The van der Waals surface area contributed by atoms with Gasteiger partial charge in [0.1, 0.15) is 0 Å². The van der Waals surface area contributed by atoms with E-state index in [9.17, 15) is 9.59 Å². The van der Waals surface area contributed by atoms with Gasteiger partial charge in [-0.05, 0) is 31.6 Å². The van der Waals surface area contributed by atoms with Crippen molar-refractivity contribution in [2.45, 2.75) is 51.1 Å². The zero-order valence-corrected chi connectivity index (χ0v) is 9.48. The van der Waals surface area contributed by atoms with Crippen molar-refractivity contribution in [3.8, 4) is 12.3 Å². The van der Waals surface area contributed by atoms with E-state index in [2.05, 4.69) is 0 Å². The molecule has 16 heavy (non-hydrogen) atoms. The lowest BCUT2D eigenvalue weighted by atomic mass is 9.91. The average Bonchev–Trinajstić information content (AvgIpc) is 2.28. The molecule has 1 saturated heterocycles. The SMILES string of the molecule is C#CC(=O)CC1CCCC(CC)N1C(=O)O.